The molecule has 1 fully saturated rings. The molecule has 31 heavy (non-hydrogen) atoms. The minimum absolute atomic E-state index is 0.0493. The maximum Gasteiger partial charge on any atom is 0.411 e. The van der Waals surface area contributed by atoms with E-state index >= 15 is 0 Å². The summed E-state index contributed by atoms with van der Waals surface area (Å²) in [7, 11) is 0. The predicted octanol–water partition coefficient (Wildman–Crippen LogP) is 4.62. The number of anilines is 1. The van der Waals surface area contributed by atoms with Crippen LogP contribution in [0.1, 0.15) is 43.6 Å². The number of carbonyl (C=O) groups is 2. The molecule has 4 rings (SSSR count). The third kappa shape index (κ3) is 4.51. The van der Waals surface area contributed by atoms with Crippen LogP contribution in [0.5, 0.6) is 5.75 Å². The molecule has 2 heterocycles. The van der Waals surface area contributed by atoms with Crippen molar-refractivity contribution in [2.45, 2.75) is 51.8 Å². The normalized spacial score (nSPS) is 20.4. The lowest BCUT2D eigenvalue weighted by Crippen LogP contribution is -2.32. The number of rotatable bonds is 5. The fourth-order valence-corrected chi connectivity index (χ4v) is 4.99. The fraction of sp³-hybridized carbons (Fsp3) is 0.364. The van der Waals surface area contributed by atoms with Crippen LogP contribution in [-0.4, -0.2) is 34.2 Å². The van der Waals surface area contributed by atoms with Gasteiger partial charge >= 0.3 is 6.09 Å². The smallest absolute Gasteiger partial charge is 0.411 e. The van der Waals surface area contributed by atoms with Gasteiger partial charge in [-0.1, -0.05) is 0 Å². The number of halogens is 1. The minimum Gasteiger partial charge on any atom is -0.488 e. The molecule has 2 amide bonds. The highest BCUT2D eigenvalue weighted by Crippen LogP contribution is 2.38. The van der Waals surface area contributed by atoms with E-state index in [0.29, 0.717) is 35.8 Å². The van der Waals surface area contributed by atoms with Crippen LogP contribution in [0.3, 0.4) is 0 Å². The summed E-state index contributed by atoms with van der Waals surface area (Å²) >= 11 is 1.50. The number of carbonyl (C=O) groups excluding carboxylic acids is 1. The van der Waals surface area contributed by atoms with E-state index in [1.165, 1.54) is 35.3 Å². The van der Waals surface area contributed by atoms with E-state index in [1.54, 1.807) is 13.0 Å². The zero-order valence-corrected chi connectivity index (χ0v) is 18.1. The number of benzene rings is 1. The Morgan fingerprint density at radius 3 is 2.84 bits per heavy atom. The number of hydrogen-bond acceptors (Lipinski definition) is 5. The van der Waals surface area contributed by atoms with Gasteiger partial charge in [0.05, 0.1) is 17.9 Å². The third-order valence-corrected chi connectivity index (χ3v) is 6.51. The quantitative estimate of drug-likeness (QED) is 0.625. The first-order valence-electron chi connectivity index (χ1n) is 10.1. The molecule has 0 bridgehead atoms. The van der Waals surface area contributed by atoms with Gasteiger partial charge in [-0.25, -0.2) is 9.18 Å². The number of ether oxygens (including phenoxy) is 1. The summed E-state index contributed by atoms with van der Waals surface area (Å²) in [6, 6.07) is 6.26. The van der Waals surface area contributed by atoms with Gasteiger partial charge in [-0.2, -0.15) is 0 Å². The van der Waals surface area contributed by atoms with Crippen LogP contribution in [-0.2, 0) is 11.3 Å². The molecule has 0 saturated heterocycles. The summed E-state index contributed by atoms with van der Waals surface area (Å²) in [5.74, 6) is -0.138. The molecule has 1 aliphatic carbocycles. The molecular formula is C22H24FN3O4S. The lowest BCUT2D eigenvalue weighted by Gasteiger charge is -2.29. The van der Waals surface area contributed by atoms with Crippen molar-refractivity contribution in [2.24, 2.45) is 0 Å². The molecule has 9 heteroatoms. The van der Waals surface area contributed by atoms with Crippen LogP contribution in [0.25, 0.3) is 5.70 Å². The Morgan fingerprint density at radius 2 is 2.10 bits per heavy atom. The largest absolute Gasteiger partial charge is 0.488 e. The van der Waals surface area contributed by atoms with Gasteiger partial charge in [-0.3, -0.25) is 9.69 Å². The molecule has 164 valence electrons. The molecule has 1 aromatic carbocycles. The first kappa shape index (κ1) is 21.2. The Balaban J connectivity index is 1.60. The molecule has 0 radical (unpaired) electrons. The average Bonchev–Trinajstić information content (AvgIpc) is 3.34. The Labute approximate surface area is 183 Å². The van der Waals surface area contributed by atoms with Crippen molar-refractivity contribution in [3.05, 3.63) is 51.6 Å². The number of hydrogen-bond donors (Lipinski definition) is 3. The van der Waals surface area contributed by atoms with Crippen LogP contribution >= 0.6 is 11.3 Å². The average molecular weight is 446 g/mol. The van der Waals surface area contributed by atoms with E-state index in [2.05, 4.69) is 10.6 Å². The molecule has 2 aromatic rings. The molecular weight excluding hydrogens is 421 g/mol. The highest BCUT2D eigenvalue weighted by atomic mass is 32.1. The van der Waals surface area contributed by atoms with E-state index in [9.17, 15) is 19.1 Å². The Kier molecular flexibility index (Phi) is 5.86. The number of nitrogens with zero attached hydrogens (tertiary/aromatic N) is 1. The molecule has 2 aliphatic rings. The summed E-state index contributed by atoms with van der Waals surface area (Å²) in [4.78, 5) is 25.2. The van der Waals surface area contributed by atoms with E-state index < -0.39 is 11.9 Å². The first-order chi connectivity index (χ1) is 14.8. The topological polar surface area (TPSA) is 90.9 Å². The number of amides is 2. The van der Waals surface area contributed by atoms with Crippen molar-refractivity contribution in [3.8, 4) is 5.75 Å². The zero-order chi connectivity index (χ0) is 22.1. The molecule has 7 nitrogen and oxygen atoms in total. The van der Waals surface area contributed by atoms with Gasteiger partial charge in [-0.15, -0.1) is 11.3 Å². The van der Waals surface area contributed by atoms with Gasteiger partial charge in [0.1, 0.15) is 17.7 Å². The second kappa shape index (κ2) is 8.58. The third-order valence-electron chi connectivity index (χ3n) is 5.60. The van der Waals surface area contributed by atoms with E-state index in [1.807, 2.05) is 11.4 Å². The zero-order valence-electron chi connectivity index (χ0n) is 17.3. The van der Waals surface area contributed by atoms with Gasteiger partial charge in [0.25, 0.3) is 0 Å². The number of fused-ring (bicyclic) bond motifs is 1. The summed E-state index contributed by atoms with van der Waals surface area (Å²) < 4.78 is 20.1. The summed E-state index contributed by atoms with van der Waals surface area (Å²) in [5.41, 5.74) is 2.72. The van der Waals surface area contributed by atoms with Crippen molar-refractivity contribution in [1.29, 1.82) is 0 Å². The van der Waals surface area contributed by atoms with E-state index in [0.717, 1.165) is 23.3 Å². The van der Waals surface area contributed by atoms with Gasteiger partial charge < -0.3 is 20.5 Å². The van der Waals surface area contributed by atoms with Crippen LogP contribution in [0.15, 0.2) is 35.3 Å². The minimum atomic E-state index is -1.03. The van der Waals surface area contributed by atoms with Crippen LogP contribution in [0, 0.1) is 5.82 Å². The maximum atomic E-state index is 14.0. The monoisotopic (exact) mass is 445 g/mol. The molecule has 1 aliphatic heterocycles. The highest BCUT2D eigenvalue weighted by Gasteiger charge is 2.30. The van der Waals surface area contributed by atoms with Crippen molar-refractivity contribution < 1.29 is 23.8 Å². The van der Waals surface area contributed by atoms with Crippen molar-refractivity contribution in [3.63, 3.8) is 0 Å². The van der Waals surface area contributed by atoms with Gasteiger partial charge in [0.15, 0.2) is 0 Å². The molecule has 1 saturated carbocycles. The Morgan fingerprint density at radius 1 is 1.29 bits per heavy atom. The van der Waals surface area contributed by atoms with Crippen LogP contribution < -0.4 is 15.4 Å². The standard InChI is InChI=1S/C22H24FN3O4S/c1-12-21(17-7-8-31-20(17)11-26(12)22(28)29)25-18-6-3-14(23)9-19(18)30-16-5-4-15(10-16)24-13(2)27/h3,6-9,15-16,25H,4-5,10-11H2,1-2H3,(H,24,27)(H,28,29)/t15-,16-/m0/s1. The lowest BCUT2D eigenvalue weighted by molar-refractivity contribution is -0.119. The summed E-state index contributed by atoms with van der Waals surface area (Å²) in [5, 5.41) is 17.7. The first-order valence-corrected chi connectivity index (χ1v) is 11.0. The predicted molar refractivity (Wildman–Crippen MR) is 116 cm³/mol. The fourth-order valence-electron chi connectivity index (χ4n) is 4.12. The van der Waals surface area contributed by atoms with Crippen molar-refractivity contribution >= 4 is 34.7 Å². The molecule has 0 spiro atoms. The van der Waals surface area contributed by atoms with Gasteiger partial charge in [0, 0.05) is 41.6 Å². The van der Waals surface area contributed by atoms with Crippen LogP contribution in [0.4, 0.5) is 14.9 Å². The lowest BCUT2D eigenvalue weighted by atomic mass is 10.1. The molecule has 3 N–H and O–H groups in total. The Bertz CT molecular complexity index is 1050. The number of nitrogens with one attached hydrogen (secondary N) is 2. The molecule has 2 atom stereocenters. The van der Waals surface area contributed by atoms with Crippen molar-refractivity contribution in [2.75, 3.05) is 5.32 Å². The Hall–Kier alpha value is -3.07. The van der Waals surface area contributed by atoms with Crippen molar-refractivity contribution in [1.82, 2.24) is 10.2 Å². The van der Waals surface area contributed by atoms with Gasteiger partial charge in [-0.05, 0) is 43.3 Å². The SMILES string of the molecule is CC(=O)N[C@H]1CC[C@H](Oc2cc(F)ccc2NC2=C(C)N(C(=O)O)Cc3sccc32)C1. The summed E-state index contributed by atoms with van der Waals surface area (Å²) in [6.07, 6.45) is 1.04. The van der Waals surface area contributed by atoms with E-state index in [-0.39, 0.29) is 18.1 Å². The van der Waals surface area contributed by atoms with Gasteiger partial charge in [0.2, 0.25) is 5.91 Å². The number of thiophene rings is 1. The maximum absolute atomic E-state index is 14.0. The van der Waals surface area contributed by atoms with Crippen LogP contribution in [0.2, 0.25) is 0 Å². The number of carboxylic acid groups (broad SMARTS) is 1. The number of allylic oxidation sites excluding steroid dienone is 1. The second-order valence-electron chi connectivity index (χ2n) is 7.80. The van der Waals surface area contributed by atoms with E-state index in [4.69, 9.17) is 4.74 Å². The molecule has 1 aromatic heterocycles. The molecule has 0 unspecified atom stereocenters. The second-order valence-corrected chi connectivity index (χ2v) is 8.80. The summed E-state index contributed by atoms with van der Waals surface area (Å²) in [6.45, 7) is 3.54. The highest BCUT2D eigenvalue weighted by molar-refractivity contribution is 7.10.